The lowest BCUT2D eigenvalue weighted by Gasteiger charge is -2.67. The fraction of sp³-hybridized carbons (Fsp3) is 0.702. The van der Waals surface area contributed by atoms with Gasteiger partial charge in [0.1, 0.15) is 47.3 Å². The number of nitrogens with zero attached hydrogens (tertiary/aromatic N) is 1. The van der Waals surface area contributed by atoms with E-state index in [4.69, 9.17) is 52.1 Å². The molecule has 2 aromatic rings. The minimum absolute atomic E-state index is 0.0452. The van der Waals surface area contributed by atoms with Crippen LogP contribution in [0.5, 0.6) is 0 Å². The van der Waals surface area contributed by atoms with Crippen LogP contribution in [0.2, 0.25) is 0 Å². The van der Waals surface area contributed by atoms with Crippen LogP contribution in [0.25, 0.3) is 6.08 Å². The summed E-state index contributed by atoms with van der Waals surface area (Å²) in [6.45, 7) is 11.0. The largest absolute Gasteiger partial charge is 0.458 e. The maximum absolute atomic E-state index is 13.9. The molecule has 0 unspecified atom stereocenters. The summed E-state index contributed by atoms with van der Waals surface area (Å²) < 4.78 is 68.6. The molecule has 414 valence electrons. The number of ether oxygens (including phenoxy) is 11. The second-order valence-corrected chi connectivity index (χ2v) is 22.5. The summed E-state index contributed by atoms with van der Waals surface area (Å²) in [4.78, 5) is 31.4. The van der Waals surface area contributed by atoms with Crippen molar-refractivity contribution in [1.82, 2.24) is 4.98 Å². The van der Waals surface area contributed by atoms with Gasteiger partial charge in [-0.15, -0.1) is 0 Å². The number of hydrogen-bond acceptors (Lipinski definition) is 18. The molecule has 7 aliphatic rings. The average Bonchev–Trinajstić information content (AvgIpc) is 3.79. The van der Waals surface area contributed by atoms with Crippen molar-refractivity contribution in [1.29, 1.82) is 0 Å². The molecule has 6 fully saturated rings. The molecular formula is C57H79NO17. The summed E-state index contributed by atoms with van der Waals surface area (Å²) in [6, 6.07) is 12.5. The Morgan fingerprint density at radius 1 is 0.773 bits per heavy atom. The Labute approximate surface area is 440 Å². The normalized spacial score (nSPS) is 44.2. The predicted molar refractivity (Wildman–Crippen MR) is 269 cm³/mol. The molecule has 1 aromatic carbocycles. The topological polar surface area (TPSA) is 229 Å². The van der Waals surface area contributed by atoms with Crippen molar-refractivity contribution in [3.05, 3.63) is 83.7 Å². The fourth-order valence-corrected chi connectivity index (χ4v) is 14.2. The Hall–Kier alpha value is -3.73. The van der Waals surface area contributed by atoms with Gasteiger partial charge in [-0.3, -0.25) is 4.98 Å². The van der Waals surface area contributed by atoms with Crippen molar-refractivity contribution < 1.29 is 82.1 Å². The van der Waals surface area contributed by atoms with Crippen LogP contribution in [0.15, 0.2) is 72.6 Å². The molecule has 0 bridgehead atoms. The van der Waals surface area contributed by atoms with Crippen molar-refractivity contribution in [2.45, 2.75) is 215 Å². The predicted octanol–water partition coefficient (Wildman–Crippen LogP) is 5.75. The average molecular weight is 1050 g/mol. The van der Waals surface area contributed by atoms with E-state index in [9.17, 15) is 30.0 Å². The van der Waals surface area contributed by atoms with Crippen LogP contribution in [0.4, 0.5) is 0 Å². The van der Waals surface area contributed by atoms with Crippen molar-refractivity contribution in [3.8, 4) is 0 Å². The number of aliphatic hydroxyl groups is 4. The number of benzene rings is 1. The molecule has 3 saturated carbocycles. The Morgan fingerprint density at radius 2 is 1.39 bits per heavy atom. The van der Waals surface area contributed by atoms with Crippen LogP contribution < -0.4 is 0 Å². The number of aromatic nitrogens is 1. The number of aliphatic hydroxyl groups excluding tert-OH is 1. The smallest absolute Gasteiger partial charge is 0.340 e. The molecule has 3 saturated heterocycles. The minimum atomic E-state index is -2.00. The molecule has 0 radical (unpaired) electrons. The standard InChI is InChI=1S/C57H79NO17/c1-32-49(60)40(65-7)27-47(68-32)74-51-34(3)70-48(29-42(51)67-9)75-50-33(2)69-46(28-41(50)66-8)72-39-20-21-53(5)38(26-39)19-22-56(63)43(53)30-44(73-45(59)18-17-36-14-11-10-12-15-36)54(6)55(62,23-24-57(54,56)64)35(4)71-52(61)37-16-13-25-58-31-37/h10-19,25,31-35,39-44,46-51,60,62-64H,20-24,26-30H2,1-9H3/t32-,33-,34-,35+,39+,40-,41+,42-,43-,44-,46+,47+,48+,49-,50-,51-,53+,54-,55-,56+,57-/m1/s1. The van der Waals surface area contributed by atoms with Crippen LogP contribution in [0, 0.1) is 16.7 Å². The van der Waals surface area contributed by atoms with Crippen LogP contribution in [-0.2, 0) is 56.9 Å². The Bertz CT molecular complexity index is 2360. The number of carbonyl (C=O) groups excluding carboxylic acids is 2. The van der Waals surface area contributed by atoms with Gasteiger partial charge < -0.3 is 72.5 Å². The Kier molecular flexibility index (Phi) is 16.6. The van der Waals surface area contributed by atoms with Crippen LogP contribution >= 0.6 is 0 Å². The van der Waals surface area contributed by atoms with E-state index >= 15 is 0 Å². The molecular weight excluding hydrogens is 971 g/mol. The number of rotatable bonds is 15. The van der Waals surface area contributed by atoms with Gasteiger partial charge in [0, 0.05) is 65.0 Å². The molecule has 75 heavy (non-hydrogen) atoms. The molecule has 18 heteroatoms. The first-order valence-corrected chi connectivity index (χ1v) is 26.8. The van der Waals surface area contributed by atoms with Crippen molar-refractivity contribution >= 4 is 18.0 Å². The highest BCUT2D eigenvalue weighted by molar-refractivity contribution is 5.89. The van der Waals surface area contributed by atoms with E-state index in [1.165, 1.54) is 18.5 Å². The van der Waals surface area contributed by atoms with Gasteiger partial charge in [0.2, 0.25) is 0 Å². The molecule has 9 rings (SSSR count). The van der Waals surface area contributed by atoms with Crippen molar-refractivity contribution in [2.24, 2.45) is 16.7 Å². The van der Waals surface area contributed by atoms with Gasteiger partial charge in [0.05, 0.1) is 53.7 Å². The number of carbonyl (C=O) groups is 2. The van der Waals surface area contributed by atoms with E-state index in [0.29, 0.717) is 38.5 Å². The fourth-order valence-electron chi connectivity index (χ4n) is 14.2. The second kappa shape index (κ2) is 22.2. The van der Waals surface area contributed by atoms with E-state index in [-0.39, 0.29) is 43.5 Å². The highest BCUT2D eigenvalue weighted by Gasteiger charge is 2.81. The third-order valence-corrected chi connectivity index (χ3v) is 18.7. The van der Waals surface area contributed by atoms with Crippen LogP contribution in [0.3, 0.4) is 0 Å². The summed E-state index contributed by atoms with van der Waals surface area (Å²) in [5.74, 6) is -1.99. The SMILES string of the molecule is CO[C@H]1C[C@H](O[C@H]2CC[C@@]3(C)C(=CC[C@]4(O)[C@@H]3C[C@@H](OC(=O)C=Cc3ccccc3)[C@@]3(C)[C@]4(O)CC[C@@]3(O)[C@H](C)OC(=O)c3cccnc3)C2)O[C@H](C)[C@H]1O[C@H]1C[C@@H](OC)[C@H](O[C@H]2C[C@@H](OC)[C@H](O)[C@@H](C)O2)[C@@H](C)O1. The summed E-state index contributed by atoms with van der Waals surface area (Å²) in [6.07, 6.45) is 2.13. The first-order valence-electron chi connectivity index (χ1n) is 26.8. The first kappa shape index (κ1) is 56.0. The van der Waals surface area contributed by atoms with E-state index in [0.717, 1.165) is 11.1 Å². The third-order valence-electron chi connectivity index (χ3n) is 18.7. The molecule has 4 N–H and O–H groups in total. The van der Waals surface area contributed by atoms with Crippen molar-refractivity contribution in [3.63, 3.8) is 0 Å². The quantitative estimate of drug-likeness (QED) is 0.0945. The number of esters is 2. The zero-order chi connectivity index (χ0) is 53.7. The highest BCUT2D eigenvalue weighted by Crippen LogP contribution is 2.71. The van der Waals surface area contributed by atoms with E-state index in [1.54, 1.807) is 60.3 Å². The van der Waals surface area contributed by atoms with E-state index in [2.05, 4.69) is 11.9 Å². The van der Waals surface area contributed by atoms with Gasteiger partial charge in [0.25, 0.3) is 0 Å². The Balaban J connectivity index is 0.881. The number of hydrogen-bond donors (Lipinski definition) is 4. The van der Waals surface area contributed by atoms with Crippen LogP contribution in [0.1, 0.15) is 122 Å². The molecule has 21 atom stereocenters. The van der Waals surface area contributed by atoms with Gasteiger partial charge in [-0.25, -0.2) is 9.59 Å². The maximum atomic E-state index is 13.9. The lowest BCUT2D eigenvalue weighted by Crippen LogP contribution is -2.78. The molecule has 18 nitrogen and oxygen atoms in total. The molecule has 4 aliphatic carbocycles. The summed E-state index contributed by atoms with van der Waals surface area (Å²) in [7, 11) is 4.84. The van der Waals surface area contributed by atoms with Crippen LogP contribution in [-0.4, -0.2) is 168 Å². The van der Waals surface area contributed by atoms with E-state index < -0.39 is 125 Å². The maximum Gasteiger partial charge on any atom is 0.340 e. The zero-order valence-corrected chi connectivity index (χ0v) is 44.8. The molecule has 1 aromatic heterocycles. The summed E-state index contributed by atoms with van der Waals surface area (Å²) in [5.41, 5.74) is -6.05. The van der Waals surface area contributed by atoms with Gasteiger partial charge in [-0.1, -0.05) is 55.8 Å². The number of pyridine rings is 1. The monoisotopic (exact) mass is 1050 g/mol. The van der Waals surface area contributed by atoms with Crippen molar-refractivity contribution in [2.75, 3.05) is 21.3 Å². The number of fused-ring (bicyclic) bond motifs is 5. The van der Waals surface area contributed by atoms with E-state index in [1.807, 2.05) is 50.3 Å². The minimum Gasteiger partial charge on any atom is -0.458 e. The van der Waals surface area contributed by atoms with Gasteiger partial charge in [-0.2, -0.15) is 0 Å². The first-order chi connectivity index (χ1) is 35.7. The summed E-state index contributed by atoms with van der Waals surface area (Å²) in [5, 5.41) is 50.1. The molecule has 4 heterocycles. The Morgan fingerprint density at radius 3 is 2.00 bits per heavy atom. The lowest BCUT2D eigenvalue weighted by molar-refractivity contribution is -0.339. The van der Waals surface area contributed by atoms with Gasteiger partial charge in [0.15, 0.2) is 18.9 Å². The van der Waals surface area contributed by atoms with Gasteiger partial charge >= 0.3 is 11.9 Å². The highest BCUT2D eigenvalue weighted by atomic mass is 16.7. The second-order valence-electron chi connectivity index (χ2n) is 22.5. The molecule has 0 spiro atoms. The zero-order valence-electron chi connectivity index (χ0n) is 44.8. The number of methoxy groups -OCH3 is 3. The molecule has 0 amide bonds. The third kappa shape index (κ3) is 10.2. The lowest BCUT2D eigenvalue weighted by atomic mass is 9.42. The summed E-state index contributed by atoms with van der Waals surface area (Å²) >= 11 is 0. The molecule has 3 aliphatic heterocycles. The van der Waals surface area contributed by atoms with Gasteiger partial charge in [-0.05, 0) is 102 Å².